The first kappa shape index (κ1) is 18.0. The number of rotatable bonds is 6. The van der Waals surface area contributed by atoms with Crippen molar-refractivity contribution in [3.05, 3.63) is 52.7 Å². The number of nitriles is 1. The van der Waals surface area contributed by atoms with Crippen molar-refractivity contribution in [2.24, 2.45) is 0 Å². The van der Waals surface area contributed by atoms with Crippen LogP contribution >= 0.6 is 0 Å². The molecule has 0 saturated carbocycles. The highest BCUT2D eigenvalue weighted by atomic mass is 16.5. The zero-order chi connectivity index (χ0) is 18.5. The highest BCUT2D eigenvalue weighted by Crippen LogP contribution is 2.20. The van der Waals surface area contributed by atoms with Gasteiger partial charge < -0.3 is 19.0 Å². The van der Waals surface area contributed by atoms with Crippen molar-refractivity contribution >= 4 is 12.0 Å². The molecule has 2 aromatic rings. The van der Waals surface area contributed by atoms with Crippen LogP contribution < -0.4 is 5.32 Å². The second kappa shape index (κ2) is 8.07. The molecule has 0 unspecified atom stereocenters. The van der Waals surface area contributed by atoms with E-state index >= 15 is 0 Å². The molecule has 3 rings (SSSR count). The van der Waals surface area contributed by atoms with Crippen molar-refractivity contribution in [3.63, 3.8) is 0 Å². The minimum atomic E-state index is -0.362. The van der Waals surface area contributed by atoms with E-state index < -0.39 is 0 Å². The second-order valence-electron chi connectivity index (χ2n) is 6.51. The molecule has 0 radical (unpaired) electrons. The molecule has 1 aliphatic heterocycles. The summed E-state index contributed by atoms with van der Waals surface area (Å²) in [7, 11) is 0. The Labute approximate surface area is 153 Å². The molecule has 0 spiro atoms. The molecular weight excluding hydrogens is 330 g/mol. The monoisotopic (exact) mass is 353 g/mol. The predicted molar refractivity (Wildman–Crippen MR) is 97.3 cm³/mol. The first-order valence-corrected chi connectivity index (χ1v) is 8.79. The normalized spacial score (nSPS) is 17.3. The van der Waals surface area contributed by atoms with Gasteiger partial charge in [0, 0.05) is 24.5 Å². The largest absolute Gasteiger partial charge is 0.467 e. The Kier molecular flexibility index (Phi) is 5.59. The number of nitrogens with one attached hydrogen (secondary N) is 1. The minimum absolute atomic E-state index is 0.0530. The van der Waals surface area contributed by atoms with E-state index in [-0.39, 0.29) is 17.6 Å². The number of aryl methyl sites for hydroxylation is 1. The zero-order valence-corrected chi connectivity index (χ0v) is 15.1. The lowest BCUT2D eigenvalue weighted by molar-refractivity contribution is -0.117. The highest BCUT2D eigenvalue weighted by Gasteiger charge is 2.18. The molecule has 6 heteroatoms. The van der Waals surface area contributed by atoms with Gasteiger partial charge in [-0.3, -0.25) is 4.79 Å². The summed E-state index contributed by atoms with van der Waals surface area (Å²) in [6.45, 7) is 5.77. The maximum Gasteiger partial charge on any atom is 0.262 e. The van der Waals surface area contributed by atoms with Crippen molar-refractivity contribution < 1.29 is 13.9 Å². The number of ether oxygens (including phenoxy) is 1. The molecule has 1 N–H and O–H groups in total. The van der Waals surface area contributed by atoms with E-state index in [9.17, 15) is 10.1 Å². The number of amides is 1. The number of hydrogen-bond acceptors (Lipinski definition) is 4. The molecule has 1 amide bonds. The Morgan fingerprint density at radius 2 is 2.35 bits per heavy atom. The average Bonchev–Trinajstić information content (AvgIpc) is 3.37. The molecule has 1 aliphatic rings. The molecule has 3 heterocycles. The molecule has 0 aliphatic carbocycles. The van der Waals surface area contributed by atoms with E-state index in [1.807, 2.05) is 38.1 Å². The third-order valence-corrected chi connectivity index (χ3v) is 4.69. The fourth-order valence-corrected chi connectivity index (χ4v) is 3.19. The van der Waals surface area contributed by atoms with Crippen LogP contribution in [-0.2, 0) is 16.1 Å². The number of furan rings is 1. The third-order valence-electron chi connectivity index (χ3n) is 4.69. The fraction of sp³-hybridized carbons (Fsp3) is 0.400. The average molecular weight is 353 g/mol. The zero-order valence-electron chi connectivity index (χ0n) is 15.1. The Morgan fingerprint density at radius 1 is 1.50 bits per heavy atom. The van der Waals surface area contributed by atoms with E-state index in [1.54, 1.807) is 12.3 Å². The molecule has 136 valence electrons. The standard InChI is InChI=1S/C20H23N3O3/c1-14-9-16(15(2)23(14)13-19-6-4-8-26-19)10-17(11-21)20(24)22-12-18-5-3-7-25-18/h4,6,8-10,18H,3,5,7,12-13H2,1-2H3,(H,22,24)/b17-10+/t18-/m0/s1. The first-order chi connectivity index (χ1) is 12.6. The van der Waals surface area contributed by atoms with Crippen molar-refractivity contribution in [1.82, 2.24) is 9.88 Å². The number of hydrogen-bond donors (Lipinski definition) is 1. The van der Waals surface area contributed by atoms with Crippen LogP contribution in [0, 0.1) is 25.2 Å². The second-order valence-corrected chi connectivity index (χ2v) is 6.51. The van der Waals surface area contributed by atoms with Crippen LogP contribution in [0.5, 0.6) is 0 Å². The van der Waals surface area contributed by atoms with Gasteiger partial charge in [-0.15, -0.1) is 0 Å². The molecule has 6 nitrogen and oxygen atoms in total. The van der Waals surface area contributed by atoms with Gasteiger partial charge >= 0.3 is 0 Å². The lowest BCUT2D eigenvalue weighted by Gasteiger charge is -2.10. The number of nitrogens with zero attached hydrogens (tertiary/aromatic N) is 2. The van der Waals surface area contributed by atoms with Gasteiger partial charge in [0.25, 0.3) is 5.91 Å². The first-order valence-electron chi connectivity index (χ1n) is 8.79. The number of carbonyl (C=O) groups excluding carboxylic acids is 1. The van der Waals surface area contributed by atoms with E-state index in [2.05, 4.69) is 9.88 Å². The molecule has 2 aromatic heterocycles. The summed E-state index contributed by atoms with van der Waals surface area (Å²) < 4.78 is 13.0. The minimum Gasteiger partial charge on any atom is -0.467 e. The van der Waals surface area contributed by atoms with Crippen LogP contribution in [0.1, 0.15) is 35.6 Å². The molecule has 1 fully saturated rings. The lowest BCUT2D eigenvalue weighted by Crippen LogP contribution is -2.32. The smallest absolute Gasteiger partial charge is 0.262 e. The van der Waals surface area contributed by atoms with Gasteiger partial charge in [-0.1, -0.05) is 0 Å². The van der Waals surface area contributed by atoms with Crippen LogP contribution in [0.2, 0.25) is 0 Å². The summed E-state index contributed by atoms with van der Waals surface area (Å²) >= 11 is 0. The van der Waals surface area contributed by atoms with Crippen molar-refractivity contribution in [1.29, 1.82) is 5.26 Å². The summed E-state index contributed by atoms with van der Waals surface area (Å²) in [5.74, 6) is 0.496. The van der Waals surface area contributed by atoms with Crippen LogP contribution in [0.15, 0.2) is 34.5 Å². The molecule has 1 atom stereocenters. The summed E-state index contributed by atoms with van der Waals surface area (Å²) in [5.41, 5.74) is 2.99. The Balaban J connectivity index is 1.74. The van der Waals surface area contributed by atoms with E-state index in [0.29, 0.717) is 13.1 Å². The maximum atomic E-state index is 12.3. The third kappa shape index (κ3) is 4.06. The SMILES string of the molecule is Cc1cc(/C=C(\C#N)C(=O)NC[C@@H]2CCCO2)c(C)n1Cc1ccco1. The van der Waals surface area contributed by atoms with Gasteiger partial charge in [-0.05, 0) is 56.5 Å². The Hall–Kier alpha value is -2.78. The summed E-state index contributed by atoms with van der Waals surface area (Å²) in [6, 6.07) is 7.76. The topological polar surface area (TPSA) is 80.2 Å². The van der Waals surface area contributed by atoms with Gasteiger partial charge in [0.2, 0.25) is 0 Å². The summed E-state index contributed by atoms with van der Waals surface area (Å²) in [6.07, 6.45) is 5.31. The fourth-order valence-electron chi connectivity index (χ4n) is 3.19. The lowest BCUT2D eigenvalue weighted by atomic mass is 10.1. The van der Waals surface area contributed by atoms with Gasteiger partial charge in [-0.2, -0.15) is 5.26 Å². The Bertz CT molecular complexity index is 835. The number of carbonyl (C=O) groups is 1. The Morgan fingerprint density at radius 3 is 3.00 bits per heavy atom. The van der Waals surface area contributed by atoms with Crippen molar-refractivity contribution in [2.45, 2.75) is 39.3 Å². The molecule has 1 saturated heterocycles. The van der Waals surface area contributed by atoms with E-state index in [0.717, 1.165) is 42.2 Å². The van der Waals surface area contributed by atoms with Crippen molar-refractivity contribution in [3.8, 4) is 6.07 Å². The van der Waals surface area contributed by atoms with Gasteiger partial charge in [0.15, 0.2) is 0 Å². The molecule has 0 bridgehead atoms. The predicted octanol–water partition coefficient (Wildman–Crippen LogP) is 2.95. The van der Waals surface area contributed by atoms with Gasteiger partial charge in [-0.25, -0.2) is 0 Å². The van der Waals surface area contributed by atoms with Crippen LogP contribution in [0.3, 0.4) is 0 Å². The summed E-state index contributed by atoms with van der Waals surface area (Å²) in [4.78, 5) is 12.3. The van der Waals surface area contributed by atoms with Crippen molar-refractivity contribution in [2.75, 3.05) is 13.2 Å². The molecule has 0 aromatic carbocycles. The van der Waals surface area contributed by atoms with E-state index in [4.69, 9.17) is 9.15 Å². The van der Waals surface area contributed by atoms with Crippen LogP contribution in [0.25, 0.3) is 6.08 Å². The maximum absolute atomic E-state index is 12.3. The van der Waals surface area contributed by atoms with Crippen LogP contribution in [-0.4, -0.2) is 29.7 Å². The van der Waals surface area contributed by atoms with Gasteiger partial charge in [0.05, 0.1) is 18.9 Å². The molecular formula is C20H23N3O3. The van der Waals surface area contributed by atoms with Gasteiger partial charge in [0.1, 0.15) is 17.4 Å². The van der Waals surface area contributed by atoms with E-state index in [1.165, 1.54) is 0 Å². The summed E-state index contributed by atoms with van der Waals surface area (Å²) in [5, 5.41) is 12.2. The molecule has 26 heavy (non-hydrogen) atoms. The van der Waals surface area contributed by atoms with Crippen LogP contribution in [0.4, 0.5) is 0 Å². The number of aromatic nitrogens is 1. The quantitative estimate of drug-likeness (QED) is 0.639. The highest BCUT2D eigenvalue weighted by molar-refractivity contribution is 6.01.